The molecule has 5 heteroatoms. The highest BCUT2D eigenvalue weighted by molar-refractivity contribution is 6.58. The number of rotatable bonds is 3. The van der Waals surface area contributed by atoms with Crippen molar-refractivity contribution in [2.45, 2.75) is 6.54 Å². The Morgan fingerprint density at radius 2 is 1.93 bits per heavy atom. The predicted molar refractivity (Wildman–Crippen MR) is 60.9 cm³/mol. The molecular weight excluding hydrogens is 200 g/mol. The van der Waals surface area contributed by atoms with Crippen LogP contribution in [0.5, 0.6) is 0 Å². The van der Waals surface area contributed by atoms with E-state index in [1.54, 1.807) is 12.1 Å². The Morgan fingerprint density at radius 1 is 1.29 bits per heavy atom. The zero-order valence-electron chi connectivity index (χ0n) is 8.34. The largest absolute Gasteiger partial charge is 0.488 e. The van der Waals surface area contributed by atoms with Crippen molar-refractivity contribution in [1.82, 2.24) is 4.90 Å². The molecule has 0 spiro atoms. The maximum atomic E-state index is 8.92. The highest BCUT2D eigenvalue weighted by atomic mass is 35.5. The highest BCUT2D eigenvalue weighted by Gasteiger charge is 2.10. The minimum absolute atomic E-state index is 0. The Hall–Kier alpha value is -0.545. The highest BCUT2D eigenvalue weighted by Crippen LogP contribution is 1.99. The number of hydrogen-bond donors (Lipinski definition) is 2. The topological polar surface area (TPSA) is 43.7 Å². The lowest BCUT2D eigenvalue weighted by atomic mass is 9.79. The molecule has 14 heavy (non-hydrogen) atoms. The van der Waals surface area contributed by atoms with Crippen LogP contribution in [0.3, 0.4) is 0 Å². The van der Waals surface area contributed by atoms with Crippen LogP contribution in [-0.2, 0) is 6.54 Å². The minimum atomic E-state index is -1.37. The lowest BCUT2D eigenvalue weighted by molar-refractivity contribution is 0.402. The molecule has 0 amide bonds. The summed E-state index contributed by atoms with van der Waals surface area (Å²) >= 11 is 0. The first kappa shape index (κ1) is 13.5. The van der Waals surface area contributed by atoms with Crippen molar-refractivity contribution < 1.29 is 10.0 Å². The van der Waals surface area contributed by atoms with Gasteiger partial charge in [-0.1, -0.05) is 24.3 Å². The van der Waals surface area contributed by atoms with Crippen LogP contribution in [-0.4, -0.2) is 36.2 Å². The molecule has 3 nitrogen and oxygen atoms in total. The van der Waals surface area contributed by atoms with Crippen LogP contribution >= 0.6 is 12.4 Å². The Kier molecular flexibility index (Phi) is 5.80. The van der Waals surface area contributed by atoms with E-state index in [9.17, 15) is 0 Å². The van der Waals surface area contributed by atoms with Crippen molar-refractivity contribution in [2.75, 3.05) is 14.1 Å². The maximum absolute atomic E-state index is 8.92. The molecule has 0 bridgehead atoms. The number of benzene rings is 1. The summed E-state index contributed by atoms with van der Waals surface area (Å²) in [5, 5.41) is 17.8. The smallest absolute Gasteiger partial charge is 0.423 e. The average Bonchev–Trinajstić information content (AvgIpc) is 2.03. The van der Waals surface area contributed by atoms with Gasteiger partial charge in [-0.3, -0.25) is 0 Å². The first-order valence-electron chi connectivity index (χ1n) is 4.19. The van der Waals surface area contributed by atoms with Crippen molar-refractivity contribution in [1.29, 1.82) is 0 Å². The lowest BCUT2D eigenvalue weighted by Gasteiger charge is -2.10. The normalized spacial score (nSPS) is 9.79. The molecule has 0 aliphatic carbocycles. The third-order valence-corrected chi connectivity index (χ3v) is 1.75. The second-order valence-electron chi connectivity index (χ2n) is 3.36. The monoisotopic (exact) mass is 215 g/mol. The van der Waals surface area contributed by atoms with Crippen molar-refractivity contribution in [2.24, 2.45) is 0 Å². The fourth-order valence-corrected chi connectivity index (χ4v) is 1.22. The molecule has 0 atom stereocenters. The van der Waals surface area contributed by atoms with Crippen LogP contribution in [0.4, 0.5) is 0 Å². The first-order chi connectivity index (χ1) is 6.09. The number of halogens is 1. The van der Waals surface area contributed by atoms with Gasteiger partial charge in [-0.05, 0) is 25.1 Å². The molecule has 0 fully saturated rings. The third-order valence-electron chi connectivity index (χ3n) is 1.75. The SMILES string of the molecule is CN(C)Cc1cccc(B(O)O)c1.Cl. The van der Waals surface area contributed by atoms with Gasteiger partial charge in [0, 0.05) is 6.54 Å². The second-order valence-corrected chi connectivity index (χ2v) is 3.36. The van der Waals surface area contributed by atoms with Gasteiger partial charge >= 0.3 is 7.12 Å². The maximum Gasteiger partial charge on any atom is 0.488 e. The molecule has 0 saturated heterocycles. The molecule has 0 saturated carbocycles. The molecule has 0 heterocycles. The summed E-state index contributed by atoms with van der Waals surface area (Å²) in [5.41, 5.74) is 1.62. The lowest BCUT2D eigenvalue weighted by Crippen LogP contribution is -2.30. The molecule has 2 N–H and O–H groups in total. The van der Waals surface area contributed by atoms with Gasteiger partial charge in [0.1, 0.15) is 0 Å². The van der Waals surface area contributed by atoms with Gasteiger partial charge < -0.3 is 14.9 Å². The summed E-state index contributed by atoms with van der Waals surface area (Å²) in [6.45, 7) is 0.806. The molecule has 0 radical (unpaired) electrons. The average molecular weight is 215 g/mol. The van der Waals surface area contributed by atoms with Crippen molar-refractivity contribution in [3.05, 3.63) is 29.8 Å². The molecule has 1 rings (SSSR count). The van der Waals surface area contributed by atoms with Crippen LogP contribution in [0.25, 0.3) is 0 Å². The summed E-state index contributed by atoms with van der Waals surface area (Å²) < 4.78 is 0. The van der Waals surface area contributed by atoms with E-state index in [1.807, 2.05) is 31.1 Å². The van der Waals surface area contributed by atoms with Crippen molar-refractivity contribution in [3.8, 4) is 0 Å². The van der Waals surface area contributed by atoms with Gasteiger partial charge in [-0.25, -0.2) is 0 Å². The molecule has 0 unspecified atom stereocenters. The van der Waals surface area contributed by atoms with E-state index in [2.05, 4.69) is 0 Å². The van der Waals surface area contributed by atoms with E-state index in [-0.39, 0.29) is 12.4 Å². The molecular formula is C9H15BClNO2. The number of nitrogens with zero attached hydrogens (tertiary/aromatic N) is 1. The molecule has 78 valence electrons. The zero-order chi connectivity index (χ0) is 9.84. The standard InChI is InChI=1S/C9H14BNO2.ClH/c1-11(2)7-8-4-3-5-9(6-8)10(12)13;/h3-6,12-13H,7H2,1-2H3;1H. The van der Waals surface area contributed by atoms with Gasteiger partial charge in [0.25, 0.3) is 0 Å². The van der Waals surface area contributed by atoms with Gasteiger partial charge in [-0.2, -0.15) is 0 Å². The molecule has 0 aliphatic rings. The quantitative estimate of drug-likeness (QED) is 0.689. The zero-order valence-corrected chi connectivity index (χ0v) is 9.16. The van der Waals surface area contributed by atoms with Crippen LogP contribution in [0, 0.1) is 0 Å². The Bertz CT molecular complexity index is 281. The van der Waals surface area contributed by atoms with Crippen LogP contribution in [0.15, 0.2) is 24.3 Å². The van der Waals surface area contributed by atoms with Crippen LogP contribution in [0.2, 0.25) is 0 Å². The predicted octanol–water partition coefficient (Wildman–Crippen LogP) is -0.150. The minimum Gasteiger partial charge on any atom is -0.423 e. The Balaban J connectivity index is 0.00000169. The summed E-state index contributed by atoms with van der Waals surface area (Å²) in [7, 11) is 2.58. The summed E-state index contributed by atoms with van der Waals surface area (Å²) in [5.74, 6) is 0. The summed E-state index contributed by atoms with van der Waals surface area (Å²) in [4.78, 5) is 2.03. The van der Waals surface area contributed by atoms with Gasteiger partial charge in [0.05, 0.1) is 0 Å². The Morgan fingerprint density at radius 3 is 2.43 bits per heavy atom. The molecule has 1 aromatic rings. The van der Waals surface area contributed by atoms with Crippen LogP contribution in [0.1, 0.15) is 5.56 Å². The first-order valence-corrected chi connectivity index (χ1v) is 4.19. The van der Waals surface area contributed by atoms with Gasteiger partial charge in [0.15, 0.2) is 0 Å². The molecule has 0 aliphatic heterocycles. The second kappa shape index (κ2) is 6.04. The van der Waals surface area contributed by atoms with Crippen molar-refractivity contribution in [3.63, 3.8) is 0 Å². The van der Waals surface area contributed by atoms with E-state index in [0.29, 0.717) is 5.46 Å². The molecule has 0 aromatic heterocycles. The van der Waals surface area contributed by atoms with Crippen LogP contribution < -0.4 is 5.46 Å². The van der Waals surface area contributed by atoms with Gasteiger partial charge in [-0.15, -0.1) is 12.4 Å². The number of hydrogen-bond acceptors (Lipinski definition) is 3. The summed E-state index contributed by atoms with van der Waals surface area (Å²) in [6, 6.07) is 7.29. The van der Waals surface area contributed by atoms with E-state index in [1.165, 1.54) is 0 Å². The third kappa shape index (κ3) is 4.11. The molecule has 1 aromatic carbocycles. The Labute approximate surface area is 90.9 Å². The van der Waals surface area contributed by atoms with E-state index in [4.69, 9.17) is 10.0 Å². The summed E-state index contributed by atoms with van der Waals surface area (Å²) in [6.07, 6.45) is 0. The van der Waals surface area contributed by atoms with E-state index < -0.39 is 7.12 Å². The fourth-order valence-electron chi connectivity index (χ4n) is 1.22. The van der Waals surface area contributed by atoms with E-state index in [0.717, 1.165) is 12.1 Å². The van der Waals surface area contributed by atoms with E-state index >= 15 is 0 Å². The van der Waals surface area contributed by atoms with Gasteiger partial charge in [0.2, 0.25) is 0 Å². The fraction of sp³-hybridized carbons (Fsp3) is 0.333. The van der Waals surface area contributed by atoms with Crippen molar-refractivity contribution >= 4 is 25.0 Å².